The summed E-state index contributed by atoms with van der Waals surface area (Å²) in [6.45, 7) is 0. The van der Waals surface area contributed by atoms with E-state index in [1.807, 2.05) is 0 Å². The maximum Gasteiger partial charge on any atom is 0.333 e. The number of aromatic nitrogens is 2. The molecule has 7 nitrogen and oxygen atoms in total. The summed E-state index contributed by atoms with van der Waals surface area (Å²) in [6, 6.07) is 9.60. The first-order chi connectivity index (χ1) is 11.0. The topological polar surface area (TPSA) is 99.3 Å². The maximum atomic E-state index is 12.7. The summed E-state index contributed by atoms with van der Waals surface area (Å²) in [5.41, 5.74) is 6.95. The Morgan fingerprint density at radius 3 is 2.52 bits per heavy atom. The van der Waals surface area contributed by atoms with Gasteiger partial charge in [-0.05, 0) is 36.4 Å². The number of nitrogens with zero attached hydrogens (tertiary/aromatic N) is 1. The van der Waals surface area contributed by atoms with E-state index >= 15 is 0 Å². The van der Waals surface area contributed by atoms with Crippen LogP contribution in [0.2, 0.25) is 0 Å². The summed E-state index contributed by atoms with van der Waals surface area (Å²) in [7, 11) is 2.98. The Balaban J connectivity index is 2.16. The minimum Gasteiger partial charge on any atom is -0.493 e. The van der Waals surface area contributed by atoms with Crippen molar-refractivity contribution in [1.29, 1.82) is 0 Å². The smallest absolute Gasteiger partial charge is 0.333 e. The highest BCUT2D eigenvalue weighted by Crippen LogP contribution is 2.28. The molecule has 118 valence electrons. The number of nitrogens with two attached hydrogens (primary N) is 1. The number of fused-ring (bicyclic) bond motifs is 1. The molecular weight excluding hydrogens is 298 g/mol. The minimum atomic E-state index is -0.523. The molecule has 0 aliphatic carbocycles. The summed E-state index contributed by atoms with van der Waals surface area (Å²) < 4.78 is 11.4. The number of rotatable bonds is 3. The molecule has 0 bridgehead atoms. The number of hydrogen-bond acceptors (Lipinski definition) is 5. The van der Waals surface area contributed by atoms with Crippen LogP contribution in [0.4, 0.5) is 5.69 Å². The van der Waals surface area contributed by atoms with Crippen LogP contribution in [0.5, 0.6) is 11.5 Å². The van der Waals surface area contributed by atoms with Crippen molar-refractivity contribution in [2.24, 2.45) is 0 Å². The third-order valence-corrected chi connectivity index (χ3v) is 3.54. The molecule has 7 heteroatoms. The number of imidazole rings is 1. The Morgan fingerprint density at radius 1 is 1.09 bits per heavy atom. The first-order valence-corrected chi connectivity index (χ1v) is 6.82. The van der Waals surface area contributed by atoms with Crippen LogP contribution in [-0.2, 0) is 0 Å². The fourth-order valence-electron chi connectivity index (χ4n) is 2.42. The third-order valence-electron chi connectivity index (χ3n) is 3.54. The van der Waals surface area contributed by atoms with Gasteiger partial charge in [0.15, 0.2) is 11.5 Å². The van der Waals surface area contributed by atoms with Crippen molar-refractivity contribution in [1.82, 2.24) is 9.55 Å². The molecule has 3 aromatic rings. The van der Waals surface area contributed by atoms with Crippen molar-refractivity contribution in [3.63, 3.8) is 0 Å². The van der Waals surface area contributed by atoms with E-state index in [-0.39, 0.29) is 0 Å². The number of hydrogen-bond donors (Lipinski definition) is 2. The van der Waals surface area contributed by atoms with Gasteiger partial charge < -0.3 is 20.2 Å². The number of ether oxygens (including phenoxy) is 2. The molecule has 0 aliphatic heterocycles. The number of nitrogens with one attached hydrogen (secondary N) is 1. The first-order valence-electron chi connectivity index (χ1n) is 6.82. The number of carbonyl (C=O) groups excluding carboxylic acids is 1. The monoisotopic (exact) mass is 313 g/mol. The maximum absolute atomic E-state index is 12.7. The highest BCUT2D eigenvalue weighted by molar-refractivity contribution is 6.01. The zero-order valence-corrected chi connectivity index (χ0v) is 12.6. The Hall–Kier alpha value is -3.22. The molecule has 0 fully saturated rings. The Kier molecular flexibility index (Phi) is 3.53. The molecule has 0 saturated carbocycles. The molecule has 23 heavy (non-hydrogen) atoms. The van der Waals surface area contributed by atoms with Crippen LogP contribution in [0.15, 0.2) is 41.2 Å². The summed E-state index contributed by atoms with van der Waals surface area (Å²) in [4.78, 5) is 27.5. The zero-order chi connectivity index (χ0) is 16.6. The molecular formula is C16H15N3O4. The summed E-state index contributed by atoms with van der Waals surface area (Å²) in [5.74, 6) is 0.429. The molecule has 1 heterocycles. The number of aromatic amines is 1. The van der Waals surface area contributed by atoms with Gasteiger partial charge in [0.1, 0.15) is 0 Å². The second-order valence-electron chi connectivity index (χ2n) is 4.92. The number of H-pyrrole nitrogens is 1. The second kappa shape index (κ2) is 5.53. The minimum absolute atomic E-state index is 0.299. The number of carbonyl (C=O) groups is 1. The van der Waals surface area contributed by atoms with Crippen molar-refractivity contribution in [2.45, 2.75) is 0 Å². The highest BCUT2D eigenvalue weighted by Gasteiger charge is 2.18. The van der Waals surface area contributed by atoms with E-state index in [9.17, 15) is 9.59 Å². The van der Waals surface area contributed by atoms with Gasteiger partial charge in [0.05, 0.1) is 25.3 Å². The molecule has 0 radical (unpaired) electrons. The predicted octanol–water partition coefficient (Wildman–Crippen LogP) is 1.62. The van der Waals surface area contributed by atoms with Crippen LogP contribution in [0.3, 0.4) is 0 Å². The molecule has 0 saturated heterocycles. The standard InChI is InChI=1S/C16H15N3O4/c1-22-13-6-3-9(7-14(13)23-2)15(20)19-12-8-10(17)4-5-11(12)18-16(19)21/h3-8H,17H2,1-2H3,(H,18,21). The lowest BCUT2D eigenvalue weighted by Gasteiger charge is -2.09. The van der Waals surface area contributed by atoms with Gasteiger partial charge in [-0.1, -0.05) is 0 Å². The first kappa shape index (κ1) is 14.7. The quantitative estimate of drug-likeness (QED) is 0.716. The van der Waals surface area contributed by atoms with E-state index in [1.54, 1.807) is 30.3 Å². The van der Waals surface area contributed by atoms with Gasteiger partial charge in [-0.25, -0.2) is 9.36 Å². The molecule has 3 rings (SSSR count). The Morgan fingerprint density at radius 2 is 1.83 bits per heavy atom. The van der Waals surface area contributed by atoms with Crippen LogP contribution in [0.1, 0.15) is 10.4 Å². The van der Waals surface area contributed by atoms with Crippen LogP contribution >= 0.6 is 0 Å². The van der Waals surface area contributed by atoms with Crippen molar-refractivity contribution in [2.75, 3.05) is 20.0 Å². The van der Waals surface area contributed by atoms with Gasteiger partial charge in [-0.3, -0.25) is 4.79 Å². The van der Waals surface area contributed by atoms with E-state index in [0.717, 1.165) is 4.57 Å². The van der Waals surface area contributed by atoms with Gasteiger partial charge in [0.25, 0.3) is 5.91 Å². The molecule has 0 atom stereocenters. The number of nitrogen functional groups attached to an aromatic ring is 1. The molecule has 0 aliphatic rings. The zero-order valence-electron chi connectivity index (χ0n) is 12.6. The number of methoxy groups -OCH3 is 2. The number of anilines is 1. The lowest BCUT2D eigenvalue weighted by atomic mass is 10.2. The van der Waals surface area contributed by atoms with Gasteiger partial charge in [0.2, 0.25) is 0 Å². The van der Waals surface area contributed by atoms with Crippen molar-refractivity contribution >= 4 is 22.6 Å². The fourth-order valence-corrected chi connectivity index (χ4v) is 2.42. The second-order valence-corrected chi connectivity index (χ2v) is 4.92. The van der Waals surface area contributed by atoms with E-state index in [2.05, 4.69) is 4.98 Å². The molecule has 0 unspecified atom stereocenters. The van der Waals surface area contributed by atoms with Crippen molar-refractivity contribution < 1.29 is 14.3 Å². The van der Waals surface area contributed by atoms with Crippen LogP contribution < -0.4 is 20.9 Å². The number of benzene rings is 2. The average Bonchev–Trinajstić information content (AvgIpc) is 2.88. The van der Waals surface area contributed by atoms with E-state index in [1.165, 1.54) is 20.3 Å². The van der Waals surface area contributed by atoms with Gasteiger partial charge >= 0.3 is 5.69 Å². The van der Waals surface area contributed by atoms with Crippen molar-refractivity contribution in [3.05, 3.63) is 52.4 Å². The Labute approximate surface area is 131 Å². The Bertz CT molecular complexity index is 956. The van der Waals surface area contributed by atoms with Gasteiger partial charge in [-0.15, -0.1) is 0 Å². The van der Waals surface area contributed by atoms with E-state index < -0.39 is 11.6 Å². The molecule has 1 aromatic heterocycles. The highest BCUT2D eigenvalue weighted by atomic mass is 16.5. The summed E-state index contributed by atoms with van der Waals surface area (Å²) >= 11 is 0. The molecule has 2 aromatic carbocycles. The molecule has 3 N–H and O–H groups in total. The van der Waals surface area contributed by atoms with E-state index in [0.29, 0.717) is 33.8 Å². The van der Waals surface area contributed by atoms with Gasteiger partial charge in [-0.2, -0.15) is 0 Å². The van der Waals surface area contributed by atoms with Crippen LogP contribution in [-0.4, -0.2) is 29.7 Å². The summed E-state index contributed by atoms with van der Waals surface area (Å²) in [5, 5.41) is 0. The van der Waals surface area contributed by atoms with Gasteiger partial charge in [0, 0.05) is 11.3 Å². The lowest BCUT2D eigenvalue weighted by molar-refractivity contribution is 0.0960. The SMILES string of the molecule is COc1ccc(C(=O)n2c(=O)[nH]c3ccc(N)cc32)cc1OC. The van der Waals surface area contributed by atoms with Crippen molar-refractivity contribution in [3.8, 4) is 11.5 Å². The molecule has 0 spiro atoms. The van der Waals surface area contributed by atoms with Crippen LogP contribution in [0, 0.1) is 0 Å². The van der Waals surface area contributed by atoms with Crippen LogP contribution in [0.25, 0.3) is 11.0 Å². The average molecular weight is 313 g/mol. The largest absolute Gasteiger partial charge is 0.493 e. The van der Waals surface area contributed by atoms with E-state index in [4.69, 9.17) is 15.2 Å². The predicted molar refractivity (Wildman–Crippen MR) is 86.2 cm³/mol. The normalized spacial score (nSPS) is 10.7. The lowest BCUT2D eigenvalue weighted by Crippen LogP contribution is -2.24. The summed E-state index contributed by atoms with van der Waals surface area (Å²) in [6.07, 6.45) is 0. The molecule has 0 amide bonds. The third kappa shape index (κ3) is 2.42. The fraction of sp³-hybridized carbons (Fsp3) is 0.125.